The Morgan fingerprint density at radius 2 is 1.88 bits per heavy atom. The number of amides is 1. The molecule has 1 aromatic rings. The van der Waals surface area contributed by atoms with E-state index in [1.165, 1.54) is 30.4 Å². The van der Waals surface area contributed by atoms with Crippen LogP contribution in [0.25, 0.3) is 0 Å². The third-order valence-electron chi connectivity index (χ3n) is 4.28. The highest BCUT2D eigenvalue weighted by molar-refractivity contribution is 7.89. The summed E-state index contributed by atoms with van der Waals surface area (Å²) in [6.45, 7) is 4.22. The van der Waals surface area contributed by atoms with Crippen molar-refractivity contribution in [2.24, 2.45) is 0 Å². The molecule has 1 aliphatic heterocycles. The first-order valence-corrected chi connectivity index (χ1v) is 9.28. The highest BCUT2D eigenvalue weighted by Gasteiger charge is 2.29. The summed E-state index contributed by atoms with van der Waals surface area (Å²) >= 11 is 0. The molecule has 25 heavy (non-hydrogen) atoms. The van der Waals surface area contributed by atoms with E-state index in [0.717, 1.165) is 4.90 Å². The SMILES string of the molecule is Cc1ccc(C(=O)N(C)C(C)C(=O)O)cc1S(=O)(=O)N1CCOCC1. The molecule has 138 valence electrons. The predicted octanol–water partition coefficient (Wildman–Crippen LogP) is 0.561. The van der Waals surface area contributed by atoms with Gasteiger partial charge < -0.3 is 14.7 Å². The molecular formula is C16H22N2O6S. The highest BCUT2D eigenvalue weighted by atomic mass is 32.2. The van der Waals surface area contributed by atoms with Gasteiger partial charge in [0.25, 0.3) is 5.91 Å². The predicted molar refractivity (Wildman–Crippen MR) is 89.9 cm³/mol. The maximum Gasteiger partial charge on any atom is 0.326 e. The molecule has 1 unspecified atom stereocenters. The number of nitrogens with zero attached hydrogens (tertiary/aromatic N) is 2. The Kier molecular flexibility index (Phi) is 5.81. The van der Waals surface area contributed by atoms with Gasteiger partial charge in [0, 0.05) is 25.7 Å². The fourth-order valence-electron chi connectivity index (χ4n) is 2.48. The van der Waals surface area contributed by atoms with Gasteiger partial charge in [-0.3, -0.25) is 4.79 Å². The van der Waals surface area contributed by atoms with Crippen molar-refractivity contribution in [3.05, 3.63) is 29.3 Å². The van der Waals surface area contributed by atoms with Crippen LogP contribution in [0.4, 0.5) is 0 Å². The molecule has 9 heteroatoms. The number of morpholine rings is 1. The molecular weight excluding hydrogens is 348 g/mol. The van der Waals surface area contributed by atoms with Crippen molar-refractivity contribution in [3.63, 3.8) is 0 Å². The summed E-state index contributed by atoms with van der Waals surface area (Å²) in [6, 6.07) is 3.35. The molecule has 0 aromatic heterocycles. The van der Waals surface area contributed by atoms with Crippen LogP contribution in [0.5, 0.6) is 0 Å². The average Bonchev–Trinajstić information content (AvgIpc) is 2.60. The van der Waals surface area contributed by atoms with Gasteiger partial charge in [-0.25, -0.2) is 13.2 Å². The van der Waals surface area contributed by atoms with Gasteiger partial charge in [0.2, 0.25) is 10.0 Å². The van der Waals surface area contributed by atoms with Crippen LogP contribution >= 0.6 is 0 Å². The van der Waals surface area contributed by atoms with Crippen LogP contribution < -0.4 is 0 Å². The number of hydrogen-bond donors (Lipinski definition) is 1. The Morgan fingerprint density at radius 3 is 2.44 bits per heavy atom. The second kappa shape index (κ2) is 7.51. The Bertz CT molecular complexity index is 771. The van der Waals surface area contributed by atoms with E-state index in [9.17, 15) is 18.0 Å². The first kappa shape index (κ1) is 19.4. The summed E-state index contributed by atoms with van der Waals surface area (Å²) in [4.78, 5) is 24.7. The minimum atomic E-state index is -3.74. The van der Waals surface area contributed by atoms with Crippen LogP contribution in [0, 0.1) is 6.92 Å². The third kappa shape index (κ3) is 4.00. The summed E-state index contributed by atoms with van der Waals surface area (Å²) in [7, 11) is -2.37. The minimum absolute atomic E-state index is 0.0524. The van der Waals surface area contributed by atoms with E-state index in [-0.39, 0.29) is 23.5 Å². The van der Waals surface area contributed by atoms with E-state index in [1.54, 1.807) is 13.0 Å². The first-order chi connectivity index (χ1) is 11.7. The van der Waals surface area contributed by atoms with Gasteiger partial charge >= 0.3 is 5.97 Å². The van der Waals surface area contributed by atoms with Crippen LogP contribution in [0.1, 0.15) is 22.8 Å². The Hall–Kier alpha value is -1.97. The van der Waals surface area contributed by atoms with Crippen LogP contribution in [-0.4, -0.2) is 74.0 Å². The van der Waals surface area contributed by atoms with E-state index < -0.39 is 27.9 Å². The zero-order chi connectivity index (χ0) is 18.8. The summed E-state index contributed by atoms with van der Waals surface area (Å²) in [6.07, 6.45) is 0. The lowest BCUT2D eigenvalue weighted by Crippen LogP contribution is -2.41. The van der Waals surface area contributed by atoms with E-state index in [2.05, 4.69) is 0 Å². The van der Waals surface area contributed by atoms with Crippen molar-refractivity contribution < 1.29 is 27.9 Å². The van der Waals surface area contributed by atoms with Crippen LogP contribution in [0.2, 0.25) is 0 Å². The van der Waals surface area contributed by atoms with E-state index in [4.69, 9.17) is 9.84 Å². The van der Waals surface area contributed by atoms with Crippen molar-refractivity contribution in [2.45, 2.75) is 24.8 Å². The summed E-state index contributed by atoms with van der Waals surface area (Å²) in [5, 5.41) is 9.04. The van der Waals surface area contributed by atoms with Crippen molar-refractivity contribution in [1.82, 2.24) is 9.21 Å². The number of carbonyl (C=O) groups excluding carboxylic acids is 1. The van der Waals surface area contributed by atoms with Crippen LogP contribution in [-0.2, 0) is 19.6 Å². The Balaban J connectivity index is 2.37. The maximum atomic E-state index is 12.8. The molecule has 1 saturated heterocycles. The number of sulfonamides is 1. The third-order valence-corrected chi connectivity index (χ3v) is 6.32. The smallest absolute Gasteiger partial charge is 0.326 e. The van der Waals surface area contributed by atoms with Crippen molar-refractivity contribution in [2.75, 3.05) is 33.4 Å². The molecule has 1 atom stereocenters. The molecule has 1 aromatic carbocycles. The Morgan fingerprint density at radius 1 is 1.28 bits per heavy atom. The van der Waals surface area contributed by atoms with Gasteiger partial charge in [0.1, 0.15) is 6.04 Å². The fourth-order valence-corrected chi connectivity index (χ4v) is 4.14. The largest absolute Gasteiger partial charge is 0.480 e. The van der Waals surface area contributed by atoms with Gasteiger partial charge in [0.15, 0.2) is 0 Å². The second-order valence-electron chi connectivity index (χ2n) is 5.93. The normalized spacial score (nSPS) is 17.1. The van der Waals surface area contributed by atoms with E-state index >= 15 is 0 Å². The maximum absolute atomic E-state index is 12.8. The van der Waals surface area contributed by atoms with Crippen molar-refractivity contribution >= 4 is 21.9 Å². The standard InChI is InChI=1S/C16H22N2O6S/c1-11-4-5-13(15(19)17(3)12(2)16(20)21)10-14(11)25(22,23)18-6-8-24-9-7-18/h4-5,10,12H,6-9H2,1-3H3,(H,20,21). The molecule has 0 saturated carbocycles. The topological polar surface area (TPSA) is 104 Å². The summed E-state index contributed by atoms with van der Waals surface area (Å²) in [5.41, 5.74) is 0.657. The molecule has 1 aliphatic rings. The number of likely N-dealkylation sites (N-methyl/N-ethyl adjacent to an activating group) is 1. The lowest BCUT2D eigenvalue weighted by molar-refractivity contribution is -0.141. The number of carboxylic acids is 1. The number of aliphatic carboxylic acids is 1. The highest BCUT2D eigenvalue weighted by Crippen LogP contribution is 2.23. The van der Waals surface area contributed by atoms with Gasteiger partial charge in [-0.2, -0.15) is 4.31 Å². The lowest BCUT2D eigenvalue weighted by Gasteiger charge is -2.27. The zero-order valence-corrected chi connectivity index (χ0v) is 15.2. The van der Waals surface area contributed by atoms with E-state index in [1.807, 2.05) is 0 Å². The number of carbonyl (C=O) groups is 2. The number of ether oxygens (including phenoxy) is 1. The molecule has 0 spiro atoms. The van der Waals surface area contributed by atoms with Gasteiger partial charge in [0.05, 0.1) is 18.1 Å². The molecule has 2 rings (SSSR count). The van der Waals surface area contributed by atoms with Crippen molar-refractivity contribution in [1.29, 1.82) is 0 Å². The summed E-state index contributed by atoms with van der Waals surface area (Å²) < 4.78 is 32.2. The zero-order valence-electron chi connectivity index (χ0n) is 14.4. The molecule has 1 N–H and O–H groups in total. The molecule has 0 radical (unpaired) electrons. The van der Waals surface area contributed by atoms with Gasteiger partial charge in [-0.05, 0) is 31.5 Å². The van der Waals surface area contributed by atoms with E-state index in [0.29, 0.717) is 18.8 Å². The quantitative estimate of drug-likeness (QED) is 0.812. The number of benzene rings is 1. The molecule has 1 heterocycles. The van der Waals surface area contributed by atoms with Gasteiger partial charge in [-0.1, -0.05) is 6.07 Å². The van der Waals surface area contributed by atoms with Crippen LogP contribution in [0.15, 0.2) is 23.1 Å². The van der Waals surface area contributed by atoms with Gasteiger partial charge in [-0.15, -0.1) is 0 Å². The number of carboxylic acid groups (broad SMARTS) is 1. The summed E-state index contributed by atoms with van der Waals surface area (Å²) in [5.74, 6) is -1.68. The fraction of sp³-hybridized carbons (Fsp3) is 0.500. The molecule has 1 fully saturated rings. The second-order valence-corrected chi connectivity index (χ2v) is 7.83. The molecule has 8 nitrogen and oxygen atoms in total. The molecule has 0 bridgehead atoms. The average molecular weight is 370 g/mol. The van der Waals surface area contributed by atoms with Crippen molar-refractivity contribution in [3.8, 4) is 0 Å². The van der Waals surface area contributed by atoms with Crippen LogP contribution in [0.3, 0.4) is 0 Å². The molecule has 1 amide bonds. The Labute approximate surface area is 147 Å². The number of aryl methyl sites for hydroxylation is 1. The lowest BCUT2D eigenvalue weighted by atomic mass is 10.1. The number of hydrogen-bond acceptors (Lipinski definition) is 5. The monoisotopic (exact) mass is 370 g/mol. The number of rotatable bonds is 5. The first-order valence-electron chi connectivity index (χ1n) is 7.84. The molecule has 0 aliphatic carbocycles. The minimum Gasteiger partial charge on any atom is -0.480 e.